The van der Waals surface area contributed by atoms with Gasteiger partial charge < -0.3 is 37.1 Å². The maximum absolute atomic E-state index is 11.1. The lowest BCUT2D eigenvalue weighted by Crippen LogP contribution is -2.35. The fourth-order valence-electron chi connectivity index (χ4n) is 2.21. The fraction of sp³-hybridized carbons (Fsp3) is 0.500. The average molecular weight is 256 g/mol. The first-order chi connectivity index (χ1) is 8.47. The quantitative estimate of drug-likeness (QED) is 0.315. The van der Waals surface area contributed by atoms with Crippen molar-refractivity contribution in [1.82, 2.24) is 10.3 Å². The Hall–Kier alpha value is -1.61. The Kier molecular flexibility index (Phi) is 3.26. The van der Waals surface area contributed by atoms with E-state index in [0.29, 0.717) is 5.56 Å². The van der Waals surface area contributed by atoms with Crippen LogP contribution in [0.1, 0.15) is 22.1 Å². The lowest BCUT2D eigenvalue weighted by atomic mass is 10.0. The van der Waals surface area contributed by atoms with Crippen LogP contribution in [0.3, 0.4) is 0 Å². The van der Waals surface area contributed by atoms with E-state index in [9.17, 15) is 15.0 Å². The monoisotopic (exact) mass is 256 g/mol. The van der Waals surface area contributed by atoms with Crippen molar-refractivity contribution in [2.24, 2.45) is 5.73 Å². The number of primary amides is 1. The molecule has 1 aliphatic heterocycles. The van der Waals surface area contributed by atoms with Gasteiger partial charge in [-0.1, -0.05) is 0 Å². The Balaban J connectivity index is 2.30. The lowest BCUT2D eigenvalue weighted by molar-refractivity contribution is 0.0195. The van der Waals surface area contributed by atoms with Gasteiger partial charge in [0.15, 0.2) is 0 Å². The second kappa shape index (κ2) is 4.58. The van der Waals surface area contributed by atoms with Crippen molar-refractivity contribution in [3.8, 4) is 0 Å². The Labute approximate surface area is 103 Å². The summed E-state index contributed by atoms with van der Waals surface area (Å²) in [5.74, 6) is -0.703. The van der Waals surface area contributed by atoms with E-state index in [1.165, 1.54) is 6.20 Å². The highest BCUT2D eigenvalue weighted by Crippen LogP contribution is 2.32. The smallest absolute Gasteiger partial charge is 0.267 e. The molecule has 1 amide bonds. The normalized spacial score (nSPS) is 31.7. The van der Waals surface area contributed by atoms with E-state index in [4.69, 9.17) is 16.6 Å². The molecular formula is C10H16N4O4. The third kappa shape index (κ3) is 1.85. The van der Waals surface area contributed by atoms with Crippen LogP contribution in [0.25, 0.3) is 0 Å². The molecule has 0 spiro atoms. The van der Waals surface area contributed by atoms with Gasteiger partial charge in [0.1, 0.15) is 11.8 Å². The molecule has 100 valence electrons. The van der Waals surface area contributed by atoms with E-state index in [1.54, 1.807) is 0 Å². The summed E-state index contributed by atoms with van der Waals surface area (Å²) in [5, 5.41) is 31.4. The average Bonchev–Trinajstić information content (AvgIpc) is 2.82. The number of carbonyl (C=O) groups is 1. The summed E-state index contributed by atoms with van der Waals surface area (Å²) in [5.41, 5.74) is 11.5. The van der Waals surface area contributed by atoms with Crippen molar-refractivity contribution in [3.05, 3.63) is 17.5 Å². The van der Waals surface area contributed by atoms with Gasteiger partial charge in [-0.3, -0.25) is 4.79 Å². The Bertz CT molecular complexity index is 461. The molecule has 0 bridgehead atoms. The van der Waals surface area contributed by atoms with Crippen molar-refractivity contribution >= 4 is 11.6 Å². The molecule has 1 aromatic heterocycles. The first-order valence-corrected chi connectivity index (χ1v) is 5.47. The molecule has 1 fully saturated rings. The summed E-state index contributed by atoms with van der Waals surface area (Å²) in [4.78, 5) is 13.7. The second-order valence-corrected chi connectivity index (χ2v) is 4.31. The van der Waals surface area contributed by atoms with Crippen molar-refractivity contribution in [2.75, 3.05) is 12.3 Å². The number of hydrogen-bond donors (Lipinski definition) is 7. The number of aliphatic hydroxyl groups excluding tert-OH is 3. The van der Waals surface area contributed by atoms with E-state index in [1.807, 2.05) is 0 Å². The molecule has 1 saturated heterocycles. The van der Waals surface area contributed by atoms with Crippen molar-refractivity contribution in [3.63, 3.8) is 0 Å². The number of amides is 1. The number of nitrogen functional groups attached to an aromatic ring is 1. The largest absolute Gasteiger partial charge is 0.397 e. The third-order valence-corrected chi connectivity index (χ3v) is 3.23. The van der Waals surface area contributed by atoms with Gasteiger partial charge in [-0.2, -0.15) is 0 Å². The summed E-state index contributed by atoms with van der Waals surface area (Å²) in [6, 6.07) is -1.31. The highest BCUT2D eigenvalue weighted by Gasteiger charge is 2.42. The van der Waals surface area contributed by atoms with Gasteiger partial charge in [-0.05, 0) is 0 Å². The summed E-state index contributed by atoms with van der Waals surface area (Å²) >= 11 is 0. The maximum Gasteiger partial charge on any atom is 0.267 e. The van der Waals surface area contributed by atoms with Crippen LogP contribution in [0.2, 0.25) is 0 Å². The summed E-state index contributed by atoms with van der Waals surface area (Å²) in [7, 11) is 0. The number of hydrogen-bond acceptors (Lipinski definition) is 6. The number of aliphatic hydroxyl groups is 3. The molecule has 8 heteroatoms. The van der Waals surface area contributed by atoms with Gasteiger partial charge in [0.25, 0.3) is 5.91 Å². The molecule has 9 N–H and O–H groups in total. The van der Waals surface area contributed by atoms with Crippen LogP contribution < -0.4 is 16.8 Å². The molecule has 1 aliphatic rings. The van der Waals surface area contributed by atoms with Crippen molar-refractivity contribution < 1.29 is 20.1 Å². The summed E-state index contributed by atoms with van der Waals surface area (Å²) in [6.07, 6.45) is -0.782. The van der Waals surface area contributed by atoms with Crippen LogP contribution in [-0.2, 0) is 0 Å². The fourth-order valence-corrected chi connectivity index (χ4v) is 2.21. The lowest BCUT2D eigenvalue weighted by Gasteiger charge is -2.15. The number of aromatic nitrogens is 1. The molecule has 2 rings (SSSR count). The maximum atomic E-state index is 11.1. The number of anilines is 1. The molecule has 4 unspecified atom stereocenters. The number of carbonyl (C=O) groups excluding carboxylic acids is 1. The predicted octanol–water partition coefficient (Wildman–Crippen LogP) is -2.58. The first kappa shape index (κ1) is 12.8. The summed E-state index contributed by atoms with van der Waals surface area (Å²) < 4.78 is 0. The molecule has 0 aliphatic carbocycles. The van der Waals surface area contributed by atoms with Crippen molar-refractivity contribution in [2.45, 2.75) is 24.3 Å². The van der Waals surface area contributed by atoms with E-state index < -0.39 is 30.2 Å². The van der Waals surface area contributed by atoms with Crippen LogP contribution in [-0.4, -0.2) is 51.1 Å². The third-order valence-electron chi connectivity index (χ3n) is 3.23. The number of rotatable bonds is 3. The minimum Gasteiger partial charge on any atom is -0.397 e. The zero-order valence-corrected chi connectivity index (χ0v) is 9.50. The van der Waals surface area contributed by atoms with Crippen LogP contribution in [0.15, 0.2) is 6.20 Å². The van der Waals surface area contributed by atoms with Gasteiger partial charge in [-0.15, -0.1) is 0 Å². The minimum atomic E-state index is -1.12. The zero-order chi connectivity index (χ0) is 13.4. The van der Waals surface area contributed by atoms with Crippen LogP contribution in [0, 0.1) is 0 Å². The standard InChI is InChI=1S/C10H16N4O4/c11-5-3(1-13-7(5)10(12)18)6-9(17)8(16)4(2-15)14-6/h1,4,6,8-9,13-17H,2,11H2,(H2,12,18). The Morgan fingerprint density at radius 2 is 2.06 bits per heavy atom. The molecule has 8 nitrogen and oxygen atoms in total. The molecule has 18 heavy (non-hydrogen) atoms. The number of H-pyrrole nitrogens is 1. The van der Waals surface area contributed by atoms with Gasteiger partial charge >= 0.3 is 0 Å². The van der Waals surface area contributed by atoms with Crippen molar-refractivity contribution in [1.29, 1.82) is 0 Å². The number of nitrogens with one attached hydrogen (secondary N) is 2. The minimum absolute atomic E-state index is 0.0564. The second-order valence-electron chi connectivity index (χ2n) is 4.31. The molecular weight excluding hydrogens is 240 g/mol. The van der Waals surface area contributed by atoms with E-state index in [0.717, 1.165) is 0 Å². The van der Waals surface area contributed by atoms with E-state index in [2.05, 4.69) is 10.3 Å². The zero-order valence-electron chi connectivity index (χ0n) is 9.50. The van der Waals surface area contributed by atoms with Crippen LogP contribution >= 0.6 is 0 Å². The predicted molar refractivity (Wildman–Crippen MR) is 62.5 cm³/mol. The topological polar surface area (TPSA) is 158 Å². The molecule has 1 aromatic rings. The SMILES string of the molecule is NC(=O)c1[nH]cc(C2NC(CO)C(O)C2O)c1N. The highest BCUT2D eigenvalue weighted by molar-refractivity contribution is 5.97. The Morgan fingerprint density at radius 1 is 1.39 bits per heavy atom. The van der Waals surface area contributed by atoms with Gasteiger partial charge in [0.2, 0.25) is 0 Å². The highest BCUT2D eigenvalue weighted by atomic mass is 16.3. The van der Waals surface area contributed by atoms with Crippen LogP contribution in [0.5, 0.6) is 0 Å². The molecule has 0 saturated carbocycles. The number of nitrogens with two attached hydrogens (primary N) is 2. The molecule has 0 aromatic carbocycles. The number of aromatic amines is 1. The molecule has 2 heterocycles. The molecule has 4 atom stereocenters. The van der Waals surface area contributed by atoms with E-state index >= 15 is 0 Å². The van der Waals surface area contributed by atoms with E-state index in [-0.39, 0.29) is 18.0 Å². The van der Waals surface area contributed by atoms with Gasteiger partial charge in [0.05, 0.1) is 30.5 Å². The Morgan fingerprint density at radius 3 is 2.50 bits per heavy atom. The van der Waals surface area contributed by atoms with Gasteiger partial charge in [0, 0.05) is 11.8 Å². The summed E-state index contributed by atoms with van der Waals surface area (Å²) in [6.45, 7) is -0.318. The molecule has 0 radical (unpaired) electrons. The first-order valence-electron chi connectivity index (χ1n) is 5.47. The van der Waals surface area contributed by atoms with Crippen LogP contribution in [0.4, 0.5) is 5.69 Å². The van der Waals surface area contributed by atoms with Gasteiger partial charge in [-0.25, -0.2) is 0 Å².